The third kappa shape index (κ3) is 5.65. The highest BCUT2D eigenvalue weighted by molar-refractivity contribution is 7.99. The summed E-state index contributed by atoms with van der Waals surface area (Å²) >= 11 is 8.91. The number of ether oxygens (including phenoxy) is 2. The number of anilines is 1. The monoisotopic (exact) mass is 534 g/mol. The maximum Gasteiger partial charge on any atom is 0.341 e. The lowest BCUT2D eigenvalue weighted by atomic mass is 9.96. The molecule has 2 aromatic heterocycles. The van der Waals surface area contributed by atoms with Gasteiger partial charge in [-0.25, -0.2) is 4.79 Å². The molecule has 35 heavy (non-hydrogen) atoms. The first-order chi connectivity index (χ1) is 16.9. The maximum absolute atomic E-state index is 12.9. The molecule has 0 fully saturated rings. The quantitative estimate of drug-likeness (QED) is 0.321. The fourth-order valence-electron chi connectivity index (χ4n) is 4.15. The van der Waals surface area contributed by atoms with Crippen molar-refractivity contribution in [1.82, 2.24) is 14.8 Å². The minimum absolute atomic E-state index is 0.113. The average molecular weight is 535 g/mol. The molecule has 0 saturated heterocycles. The third-order valence-corrected chi connectivity index (χ3v) is 8.35. The Kier molecular flexibility index (Phi) is 8.35. The molecule has 4 rings (SSSR count). The standard InChI is InChI=1S/C24H27ClN4O4S2/c1-29-21(16-12-14(25)10-11-17(16)32-2)27-28-24(29)34-13-19(30)26-22-20(23(31)33-3)15-8-6-4-5-7-9-18(15)35-22/h10-12H,4-9,13H2,1-3H3,(H,26,30). The Labute approximate surface area is 217 Å². The number of methoxy groups -OCH3 is 2. The molecule has 11 heteroatoms. The first-order valence-electron chi connectivity index (χ1n) is 11.3. The highest BCUT2D eigenvalue weighted by Crippen LogP contribution is 2.38. The summed E-state index contributed by atoms with van der Waals surface area (Å²) < 4.78 is 12.3. The topological polar surface area (TPSA) is 95.3 Å². The second-order valence-corrected chi connectivity index (χ2v) is 10.6. The van der Waals surface area contributed by atoms with Crippen LogP contribution in [0.5, 0.6) is 5.75 Å². The minimum atomic E-state index is -0.403. The molecule has 3 aromatic rings. The van der Waals surface area contributed by atoms with E-state index < -0.39 is 5.97 Å². The van der Waals surface area contributed by atoms with Crippen LogP contribution < -0.4 is 10.1 Å². The van der Waals surface area contributed by atoms with Crippen LogP contribution in [0.4, 0.5) is 5.00 Å². The van der Waals surface area contributed by atoms with Crippen molar-refractivity contribution >= 4 is 51.6 Å². The van der Waals surface area contributed by atoms with Crippen LogP contribution in [0.3, 0.4) is 0 Å². The number of thioether (sulfide) groups is 1. The lowest BCUT2D eigenvalue weighted by Gasteiger charge is -2.11. The number of carbonyl (C=O) groups is 2. The molecule has 0 bridgehead atoms. The van der Waals surface area contributed by atoms with E-state index in [1.165, 1.54) is 41.5 Å². The van der Waals surface area contributed by atoms with Gasteiger partial charge < -0.3 is 19.4 Å². The average Bonchev–Trinajstić information content (AvgIpc) is 3.36. The van der Waals surface area contributed by atoms with Crippen LogP contribution in [-0.4, -0.2) is 46.6 Å². The number of fused-ring (bicyclic) bond motifs is 1. The maximum atomic E-state index is 12.9. The summed E-state index contributed by atoms with van der Waals surface area (Å²) in [5.41, 5.74) is 2.24. The molecular formula is C24H27ClN4O4S2. The summed E-state index contributed by atoms with van der Waals surface area (Å²) in [6.45, 7) is 0. The summed E-state index contributed by atoms with van der Waals surface area (Å²) in [6.07, 6.45) is 6.20. The Morgan fingerprint density at radius 1 is 1.17 bits per heavy atom. The molecular weight excluding hydrogens is 508 g/mol. The summed E-state index contributed by atoms with van der Waals surface area (Å²) in [4.78, 5) is 26.6. The number of hydrogen-bond donors (Lipinski definition) is 1. The van der Waals surface area contributed by atoms with Gasteiger partial charge in [0, 0.05) is 16.9 Å². The minimum Gasteiger partial charge on any atom is -0.496 e. The fourth-order valence-corrected chi connectivity index (χ4v) is 6.33. The van der Waals surface area contributed by atoms with Gasteiger partial charge in [0.25, 0.3) is 0 Å². The van der Waals surface area contributed by atoms with Gasteiger partial charge in [-0.1, -0.05) is 36.2 Å². The number of benzene rings is 1. The van der Waals surface area contributed by atoms with Crippen LogP contribution in [0.2, 0.25) is 5.02 Å². The number of nitrogens with zero attached hydrogens (tertiary/aromatic N) is 3. The van der Waals surface area contributed by atoms with Gasteiger partial charge in [0.1, 0.15) is 10.8 Å². The van der Waals surface area contributed by atoms with Crippen molar-refractivity contribution < 1.29 is 19.1 Å². The molecule has 1 aliphatic rings. The second-order valence-electron chi connectivity index (χ2n) is 8.16. The molecule has 8 nitrogen and oxygen atoms in total. The van der Waals surface area contributed by atoms with Crippen molar-refractivity contribution in [2.45, 2.75) is 43.7 Å². The van der Waals surface area contributed by atoms with Crippen molar-refractivity contribution in [3.05, 3.63) is 39.2 Å². The Morgan fingerprint density at radius 3 is 2.69 bits per heavy atom. The number of aryl methyl sites for hydroxylation is 1. The molecule has 0 spiro atoms. The number of rotatable bonds is 7. The van der Waals surface area contributed by atoms with Gasteiger partial charge in [-0.05, 0) is 49.4 Å². The van der Waals surface area contributed by atoms with E-state index in [4.69, 9.17) is 21.1 Å². The number of aromatic nitrogens is 3. The zero-order chi connectivity index (χ0) is 24.9. The number of amides is 1. The van der Waals surface area contributed by atoms with Crippen LogP contribution in [0.25, 0.3) is 11.4 Å². The second kappa shape index (κ2) is 11.5. The predicted molar refractivity (Wildman–Crippen MR) is 139 cm³/mol. The molecule has 0 saturated carbocycles. The van der Waals surface area contributed by atoms with Gasteiger partial charge in [0.2, 0.25) is 5.91 Å². The Hall–Kier alpha value is -2.56. The van der Waals surface area contributed by atoms with Gasteiger partial charge >= 0.3 is 5.97 Å². The van der Waals surface area contributed by atoms with E-state index in [-0.39, 0.29) is 11.7 Å². The van der Waals surface area contributed by atoms with E-state index in [1.54, 1.807) is 29.9 Å². The van der Waals surface area contributed by atoms with E-state index in [9.17, 15) is 9.59 Å². The molecule has 0 aliphatic heterocycles. The van der Waals surface area contributed by atoms with Crippen molar-refractivity contribution in [3.8, 4) is 17.1 Å². The first-order valence-corrected chi connectivity index (χ1v) is 13.5. The highest BCUT2D eigenvalue weighted by Gasteiger charge is 2.26. The molecule has 0 unspecified atom stereocenters. The smallest absolute Gasteiger partial charge is 0.341 e. The largest absolute Gasteiger partial charge is 0.496 e. The lowest BCUT2D eigenvalue weighted by Crippen LogP contribution is -2.16. The van der Waals surface area contributed by atoms with E-state index in [1.807, 2.05) is 7.05 Å². The Morgan fingerprint density at radius 2 is 1.94 bits per heavy atom. The number of esters is 1. The molecule has 1 aliphatic carbocycles. The molecule has 1 aromatic carbocycles. The Balaban J connectivity index is 1.49. The van der Waals surface area contributed by atoms with E-state index in [0.717, 1.165) is 37.7 Å². The van der Waals surface area contributed by atoms with Gasteiger partial charge in [-0.3, -0.25) is 4.79 Å². The summed E-state index contributed by atoms with van der Waals surface area (Å²) in [6, 6.07) is 5.29. The fraction of sp³-hybridized carbons (Fsp3) is 0.417. The number of halogens is 1. The molecule has 186 valence electrons. The van der Waals surface area contributed by atoms with Crippen LogP contribution >= 0.6 is 34.7 Å². The third-order valence-electron chi connectivity index (χ3n) is 5.88. The van der Waals surface area contributed by atoms with Gasteiger partial charge in [-0.2, -0.15) is 0 Å². The number of carbonyl (C=O) groups excluding carboxylic acids is 2. The SMILES string of the molecule is COC(=O)c1c(NC(=O)CSc2nnc(-c3cc(Cl)ccc3OC)n2C)sc2c1CCCCCC2. The lowest BCUT2D eigenvalue weighted by molar-refractivity contribution is -0.113. The molecule has 0 atom stereocenters. The molecule has 1 amide bonds. The Bertz CT molecular complexity index is 1240. The summed E-state index contributed by atoms with van der Waals surface area (Å²) in [5, 5.41) is 13.1. The van der Waals surface area contributed by atoms with Crippen LogP contribution in [0.1, 0.15) is 46.5 Å². The van der Waals surface area contributed by atoms with Crippen molar-refractivity contribution in [2.24, 2.45) is 7.05 Å². The molecule has 1 N–H and O–H groups in total. The van der Waals surface area contributed by atoms with Gasteiger partial charge in [0.15, 0.2) is 11.0 Å². The highest BCUT2D eigenvalue weighted by atomic mass is 35.5. The predicted octanol–water partition coefficient (Wildman–Crippen LogP) is 5.38. The zero-order valence-corrected chi connectivity index (χ0v) is 22.2. The first kappa shape index (κ1) is 25.5. The van der Waals surface area contributed by atoms with Crippen molar-refractivity contribution in [1.29, 1.82) is 0 Å². The van der Waals surface area contributed by atoms with Crippen molar-refractivity contribution in [2.75, 3.05) is 25.3 Å². The summed E-state index contributed by atoms with van der Waals surface area (Å²) in [7, 11) is 4.78. The van der Waals surface area contributed by atoms with E-state index in [0.29, 0.717) is 37.9 Å². The number of hydrogen-bond acceptors (Lipinski definition) is 8. The van der Waals surface area contributed by atoms with Gasteiger partial charge in [0.05, 0.1) is 31.1 Å². The van der Waals surface area contributed by atoms with Crippen LogP contribution in [0, 0.1) is 0 Å². The van der Waals surface area contributed by atoms with Gasteiger partial charge in [-0.15, -0.1) is 21.5 Å². The number of nitrogens with one attached hydrogen (secondary N) is 1. The number of thiophene rings is 1. The van der Waals surface area contributed by atoms with E-state index in [2.05, 4.69) is 15.5 Å². The van der Waals surface area contributed by atoms with Crippen LogP contribution in [-0.2, 0) is 29.4 Å². The molecule has 0 radical (unpaired) electrons. The van der Waals surface area contributed by atoms with E-state index >= 15 is 0 Å². The summed E-state index contributed by atoms with van der Waals surface area (Å²) in [5.74, 6) is 0.696. The van der Waals surface area contributed by atoms with Crippen molar-refractivity contribution in [3.63, 3.8) is 0 Å². The molecule has 2 heterocycles. The normalized spacial score (nSPS) is 13.5. The van der Waals surface area contributed by atoms with Crippen LogP contribution in [0.15, 0.2) is 23.4 Å². The zero-order valence-electron chi connectivity index (χ0n) is 19.9.